The molecule has 1 amide bonds. The van der Waals surface area contributed by atoms with Gasteiger partial charge in [-0.05, 0) is 79.0 Å². The molecule has 7 nitrogen and oxygen atoms in total. The predicted octanol–water partition coefficient (Wildman–Crippen LogP) is 6.45. The number of rotatable bonds is 10. The number of pyridine rings is 1. The molecule has 1 aliphatic heterocycles. The van der Waals surface area contributed by atoms with Gasteiger partial charge < -0.3 is 25.2 Å². The second-order valence-electron chi connectivity index (χ2n) is 13.3. The molecular weight excluding hydrogens is 590 g/mol. The Balaban J connectivity index is 1.36. The van der Waals surface area contributed by atoms with Crippen molar-refractivity contribution in [1.82, 2.24) is 15.6 Å². The van der Waals surface area contributed by atoms with Crippen molar-refractivity contribution in [3.8, 4) is 11.6 Å². The van der Waals surface area contributed by atoms with Crippen LogP contribution in [0.2, 0.25) is 0 Å². The Kier molecular flexibility index (Phi) is 9.41. The molecule has 1 aliphatic carbocycles. The minimum absolute atomic E-state index is 0.0509. The second-order valence-corrected chi connectivity index (χ2v) is 13.3. The van der Waals surface area contributed by atoms with Gasteiger partial charge in [0.2, 0.25) is 5.88 Å². The number of amides is 1. The Morgan fingerprint density at radius 2 is 1.82 bits per heavy atom. The third-order valence-electron chi connectivity index (χ3n) is 8.28. The Hall–Kier alpha value is -3.70. The van der Waals surface area contributed by atoms with Crippen LogP contribution in [-0.2, 0) is 12.8 Å². The van der Waals surface area contributed by atoms with Gasteiger partial charge >= 0.3 is 6.36 Å². The molecule has 242 valence electrons. The fraction of sp³-hybridized carbons (Fsp3) is 0.471. The van der Waals surface area contributed by atoms with Crippen molar-refractivity contribution in [1.29, 1.82) is 0 Å². The van der Waals surface area contributed by atoms with Crippen LogP contribution in [0.1, 0.15) is 79.5 Å². The highest BCUT2D eigenvalue weighted by molar-refractivity contribution is 5.97. The number of fused-ring (bicyclic) bond motifs is 1. The van der Waals surface area contributed by atoms with Crippen LogP contribution in [-0.4, -0.2) is 46.7 Å². The topological polar surface area (TPSA) is 92.7 Å². The molecular formula is C34H39F4N3O4. The van der Waals surface area contributed by atoms with Crippen LogP contribution in [0.15, 0.2) is 60.8 Å². The summed E-state index contributed by atoms with van der Waals surface area (Å²) in [5.74, 6) is -1.37. The molecule has 2 aliphatic rings. The number of hydrogen-bond donors (Lipinski definition) is 3. The molecule has 3 atom stereocenters. The van der Waals surface area contributed by atoms with Crippen molar-refractivity contribution in [2.45, 2.75) is 89.4 Å². The number of aliphatic hydroxyl groups excluding tert-OH is 1. The lowest BCUT2D eigenvalue weighted by Crippen LogP contribution is -2.52. The summed E-state index contributed by atoms with van der Waals surface area (Å²) in [6.45, 7) is 6.52. The molecule has 0 unspecified atom stereocenters. The van der Waals surface area contributed by atoms with E-state index in [1.54, 1.807) is 0 Å². The number of aliphatic hydroxyl groups is 1. The first-order valence-corrected chi connectivity index (χ1v) is 15.2. The monoisotopic (exact) mass is 629 g/mol. The summed E-state index contributed by atoms with van der Waals surface area (Å²) in [4.78, 5) is 17.9. The van der Waals surface area contributed by atoms with Gasteiger partial charge in [0, 0.05) is 30.8 Å². The summed E-state index contributed by atoms with van der Waals surface area (Å²) in [7, 11) is 0. The maximum Gasteiger partial charge on any atom is 0.573 e. The summed E-state index contributed by atoms with van der Waals surface area (Å²) in [5.41, 5.74) is 2.00. The normalized spacial score (nSPS) is 18.7. The molecule has 1 saturated carbocycles. The van der Waals surface area contributed by atoms with Gasteiger partial charge in [-0.1, -0.05) is 45.0 Å². The van der Waals surface area contributed by atoms with Crippen molar-refractivity contribution in [3.63, 3.8) is 0 Å². The lowest BCUT2D eigenvalue weighted by atomic mass is 9.73. The van der Waals surface area contributed by atoms with Crippen LogP contribution in [0.5, 0.6) is 11.6 Å². The first-order chi connectivity index (χ1) is 21.2. The van der Waals surface area contributed by atoms with Crippen LogP contribution in [0.25, 0.3) is 0 Å². The first-order valence-electron chi connectivity index (χ1n) is 15.2. The summed E-state index contributed by atoms with van der Waals surface area (Å²) >= 11 is 0. The minimum Gasteiger partial charge on any atom is -0.471 e. The van der Waals surface area contributed by atoms with E-state index < -0.39 is 36.0 Å². The number of nitrogens with zero attached hydrogens (tertiary/aromatic N) is 1. The van der Waals surface area contributed by atoms with E-state index in [-0.39, 0.29) is 35.6 Å². The molecule has 2 aromatic carbocycles. The van der Waals surface area contributed by atoms with E-state index in [0.717, 1.165) is 42.9 Å². The summed E-state index contributed by atoms with van der Waals surface area (Å²) in [6, 6.07) is 11.6. The second kappa shape index (κ2) is 13.0. The van der Waals surface area contributed by atoms with E-state index in [4.69, 9.17) is 4.74 Å². The third-order valence-corrected chi connectivity index (χ3v) is 8.28. The molecule has 1 fully saturated rings. The number of carbonyl (C=O) groups is 1. The molecule has 3 aromatic rings. The zero-order chi connectivity index (χ0) is 32.4. The van der Waals surface area contributed by atoms with Gasteiger partial charge in [-0.2, -0.15) is 0 Å². The van der Waals surface area contributed by atoms with Gasteiger partial charge in [0.15, 0.2) is 0 Å². The zero-order valence-electron chi connectivity index (χ0n) is 25.6. The molecule has 11 heteroatoms. The number of aromatic nitrogens is 1. The molecule has 2 heterocycles. The van der Waals surface area contributed by atoms with Crippen LogP contribution >= 0.6 is 0 Å². The van der Waals surface area contributed by atoms with Gasteiger partial charge in [-0.3, -0.25) is 4.79 Å². The number of benzene rings is 2. The van der Waals surface area contributed by atoms with Crippen LogP contribution in [0, 0.1) is 11.2 Å². The number of alkyl halides is 3. The first kappa shape index (κ1) is 32.7. The van der Waals surface area contributed by atoms with Crippen molar-refractivity contribution < 1.29 is 36.9 Å². The molecule has 45 heavy (non-hydrogen) atoms. The van der Waals surface area contributed by atoms with Crippen LogP contribution < -0.4 is 20.1 Å². The molecule has 1 spiro atoms. The highest BCUT2D eigenvalue weighted by Crippen LogP contribution is 2.48. The van der Waals surface area contributed by atoms with E-state index in [9.17, 15) is 27.5 Å². The third kappa shape index (κ3) is 8.52. The van der Waals surface area contributed by atoms with Gasteiger partial charge in [0.25, 0.3) is 5.91 Å². The molecule has 1 aromatic heterocycles. The highest BCUT2D eigenvalue weighted by Gasteiger charge is 2.46. The minimum atomic E-state index is -4.99. The van der Waals surface area contributed by atoms with E-state index in [0.29, 0.717) is 17.9 Å². The maximum atomic E-state index is 13.6. The van der Waals surface area contributed by atoms with Crippen LogP contribution in [0.3, 0.4) is 0 Å². The van der Waals surface area contributed by atoms with E-state index in [1.165, 1.54) is 42.5 Å². The summed E-state index contributed by atoms with van der Waals surface area (Å²) < 4.78 is 63.1. The Morgan fingerprint density at radius 1 is 1.11 bits per heavy atom. The smallest absolute Gasteiger partial charge is 0.471 e. The average Bonchev–Trinajstić information content (AvgIpc) is 2.94. The zero-order valence-corrected chi connectivity index (χ0v) is 25.6. The quantitative estimate of drug-likeness (QED) is 0.224. The van der Waals surface area contributed by atoms with Gasteiger partial charge in [-0.25, -0.2) is 9.37 Å². The molecule has 5 rings (SSSR count). The molecule has 3 N–H and O–H groups in total. The number of para-hydroxylation sites is 1. The molecule has 0 radical (unpaired) electrons. The fourth-order valence-corrected chi connectivity index (χ4v) is 6.02. The lowest BCUT2D eigenvalue weighted by molar-refractivity contribution is -0.274. The number of nitrogens with one attached hydrogen (secondary N) is 2. The summed E-state index contributed by atoms with van der Waals surface area (Å²) in [6.07, 6.45) is 0.158. The maximum absolute atomic E-state index is 13.6. The Labute approximate surface area is 260 Å². The largest absolute Gasteiger partial charge is 0.573 e. The van der Waals surface area contributed by atoms with Crippen molar-refractivity contribution in [2.24, 2.45) is 5.41 Å². The predicted molar refractivity (Wildman–Crippen MR) is 160 cm³/mol. The number of halogens is 4. The Bertz CT molecular complexity index is 1490. The van der Waals surface area contributed by atoms with E-state index in [1.807, 2.05) is 6.20 Å². The van der Waals surface area contributed by atoms with E-state index >= 15 is 0 Å². The molecule has 0 saturated heterocycles. The standard InChI is InChI=1S/C34H39F4N3O4/c1-32(2,3)17-22-15-25-27(18-33(13-6-14-33)45-31(25)40-19-22)39-20-28(42)26(16-21-9-11-23(35)12-10-21)41-30(43)24-7-4-5-8-29(24)44-34(36,37)38/h4-5,7-12,15,19,26-28,39,42H,6,13-14,16-18,20H2,1-3H3,(H,41,43)/t26-,27-,28-/m0/s1. The highest BCUT2D eigenvalue weighted by atomic mass is 19.4. The van der Waals surface area contributed by atoms with E-state index in [2.05, 4.69) is 47.2 Å². The SMILES string of the molecule is CC(C)(C)Cc1cnc2c(c1)[C@@H](NC[C@H](O)[C@H](Cc1ccc(F)cc1)NC(=O)c1ccccc1OC(F)(F)F)CC1(CCC1)O2. The van der Waals surface area contributed by atoms with Crippen molar-refractivity contribution in [2.75, 3.05) is 6.54 Å². The number of ether oxygens (including phenoxy) is 2. The average molecular weight is 630 g/mol. The van der Waals surface area contributed by atoms with Gasteiger partial charge in [0.1, 0.15) is 17.2 Å². The fourth-order valence-electron chi connectivity index (χ4n) is 6.02. The van der Waals surface area contributed by atoms with Gasteiger partial charge in [0.05, 0.1) is 17.7 Å². The summed E-state index contributed by atoms with van der Waals surface area (Å²) in [5, 5.41) is 17.6. The van der Waals surface area contributed by atoms with Crippen LogP contribution in [0.4, 0.5) is 17.6 Å². The van der Waals surface area contributed by atoms with Crippen molar-refractivity contribution >= 4 is 5.91 Å². The molecule has 0 bridgehead atoms. The van der Waals surface area contributed by atoms with Gasteiger partial charge in [-0.15, -0.1) is 13.2 Å². The van der Waals surface area contributed by atoms with Crippen molar-refractivity contribution in [3.05, 3.63) is 88.9 Å². The lowest BCUT2D eigenvalue weighted by Gasteiger charge is -2.47. The number of hydrogen-bond acceptors (Lipinski definition) is 6. The Morgan fingerprint density at radius 3 is 2.47 bits per heavy atom. The number of carbonyl (C=O) groups excluding carboxylic acids is 1.